The molecular weight excluding hydrogens is 395 g/mol. The zero-order chi connectivity index (χ0) is 19.8. The Morgan fingerprint density at radius 1 is 1.44 bits per heavy atom. The van der Waals surface area contributed by atoms with Crippen molar-refractivity contribution in [1.29, 1.82) is 0 Å². The second-order valence-corrected chi connectivity index (χ2v) is 9.31. The van der Waals surface area contributed by atoms with Crippen molar-refractivity contribution in [1.82, 2.24) is 9.78 Å². The third-order valence-corrected chi connectivity index (χ3v) is 6.44. The minimum Gasteiger partial charge on any atom is -0.365 e. The van der Waals surface area contributed by atoms with Crippen molar-refractivity contribution in [2.75, 3.05) is 35.3 Å². The maximum Gasteiger partial charge on any atom is 0.245 e. The van der Waals surface area contributed by atoms with Crippen molar-refractivity contribution in [3.8, 4) is 0 Å². The molecule has 0 saturated carbocycles. The van der Waals surface area contributed by atoms with E-state index in [0.717, 1.165) is 0 Å². The van der Waals surface area contributed by atoms with E-state index in [2.05, 4.69) is 10.4 Å². The molecule has 0 spiro atoms. The van der Waals surface area contributed by atoms with Crippen LogP contribution in [-0.2, 0) is 14.6 Å². The molecule has 1 N–H and O–H groups in total. The van der Waals surface area contributed by atoms with Gasteiger partial charge in [-0.3, -0.25) is 4.79 Å². The zero-order valence-corrected chi connectivity index (χ0v) is 16.5. The van der Waals surface area contributed by atoms with E-state index in [9.17, 15) is 17.6 Å². The summed E-state index contributed by atoms with van der Waals surface area (Å²) in [5.74, 6) is -0.225. The van der Waals surface area contributed by atoms with Crippen molar-refractivity contribution in [2.45, 2.75) is 19.4 Å². The number of hydrogen-bond donors (Lipinski definition) is 1. The molecule has 1 aliphatic heterocycles. The Hall–Kier alpha value is -2.13. The minimum atomic E-state index is -3.07. The highest BCUT2D eigenvalue weighted by Crippen LogP contribution is 2.27. The van der Waals surface area contributed by atoms with E-state index in [1.54, 1.807) is 29.6 Å². The molecule has 1 atom stereocenters. The van der Waals surface area contributed by atoms with Gasteiger partial charge in [0.25, 0.3) is 0 Å². The molecule has 7 nitrogen and oxygen atoms in total. The van der Waals surface area contributed by atoms with Gasteiger partial charge in [-0.1, -0.05) is 11.6 Å². The quantitative estimate of drug-likeness (QED) is 0.812. The number of benzene rings is 1. The SMILES string of the molecule is Cc1cc(NC(=O)CN(C)c2ccc(F)c(Cl)c2)n(C2CCS(=O)(=O)C2)n1. The number of sulfone groups is 1. The summed E-state index contributed by atoms with van der Waals surface area (Å²) < 4.78 is 38.3. The molecule has 1 saturated heterocycles. The highest BCUT2D eigenvalue weighted by molar-refractivity contribution is 7.91. The van der Waals surface area contributed by atoms with Crippen molar-refractivity contribution < 1.29 is 17.6 Å². The number of nitrogens with zero attached hydrogens (tertiary/aromatic N) is 3. The Morgan fingerprint density at radius 3 is 2.81 bits per heavy atom. The van der Waals surface area contributed by atoms with E-state index in [4.69, 9.17) is 11.6 Å². The van der Waals surface area contributed by atoms with Gasteiger partial charge >= 0.3 is 0 Å². The smallest absolute Gasteiger partial charge is 0.245 e. The number of carbonyl (C=O) groups is 1. The number of amides is 1. The molecule has 27 heavy (non-hydrogen) atoms. The monoisotopic (exact) mass is 414 g/mol. The molecule has 1 amide bonds. The molecule has 2 aromatic rings. The van der Waals surface area contributed by atoms with Crippen LogP contribution in [0.3, 0.4) is 0 Å². The summed E-state index contributed by atoms with van der Waals surface area (Å²) in [7, 11) is -1.38. The van der Waals surface area contributed by atoms with E-state index in [-0.39, 0.29) is 35.0 Å². The average molecular weight is 415 g/mol. The standard InChI is InChI=1S/C17H20ClFN4O3S/c1-11-7-16(23(21-11)13-5-6-27(25,26)10-13)20-17(24)9-22(2)12-3-4-15(19)14(18)8-12/h3-4,7-8,13H,5-6,9-10H2,1-2H3,(H,20,24). The molecule has 1 aliphatic rings. The van der Waals surface area contributed by atoms with Crippen molar-refractivity contribution in [3.05, 3.63) is 40.8 Å². The van der Waals surface area contributed by atoms with Crippen LogP contribution in [0.15, 0.2) is 24.3 Å². The lowest BCUT2D eigenvalue weighted by molar-refractivity contribution is -0.115. The molecule has 1 fully saturated rings. The Balaban J connectivity index is 1.70. The van der Waals surface area contributed by atoms with Crippen molar-refractivity contribution in [2.24, 2.45) is 0 Å². The highest BCUT2D eigenvalue weighted by atomic mass is 35.5. The van der Waals surface area contributed by atoms with E-state index >= 15 is 0 Å². The molecule has 1 unspecified atom stereocenters. The summed E-state index contributed by atoms with van der Waals surface area (Å²) in [4.78, 5) is 14.1. The average Bonchev–Trinajstić information content (AvgIpc) is 3.11. The third-order valence-electron chi connectivity index (χ3n) is 4.40. The second kappa shape index (κ2) is 7.47. The second-order valence-electron chi connectivity index (χ2n) is 6.68. The lowest BCUT2D eigenvalue weighted by atomic mass is 10.2. The van der Waals surface area contributed by atoms with Crippen LogP contribution in [0.25, 0.3) is 0 Å². The van der Waals surface area contributed by atoms with Gasteiger partial charge in [0.1, 0.15) is 11.6 Å². The molecule has 0 bridgehead atoms. The largest absolute Gasteiger partial charge is 0.365 e. The van der Waals surface area contributed by atoms with Crippen LogP contribution < -0.4 is 10.2 Å². The van der Waals surface area contributed by atoms with Gasteiger partial charge in [-0.25, -0.2) is 17.5 Å². The number of nitrogens with one attached hydrogen (secondary N) is 1. The molecule has 10 heteroatoms. The van der Waals surface area contributed by atoms with E-state index in [1.807, 2.05) is 0 Å². The van der Waals surface area contributed by atoms with Crippen LogP contribution in [0.1, 0.15) is 18.2 Å². The first-order valence-electron chi connectivity index (χ1n) is 8.37. The number of carbonyl (C=O) groups excluding carboxylic acids is 1. The van der Waals surface area contributed by atoms with Crippen LogP contribution >= 0.6 is 11.6 Å². The van der Waals surface area contributed by atoms with E-state index in [0.29, 0.717) is 23.6 Å². The molecule has 2 heterocycles. The summed E-state index contributed by atoms with van der Waals surface area (Å²) in [6.45, 7) is 1.79. The maximum absolute atomic E-state index is 13.3. The first-order chi connectivity index (χ1) is 12.6. The number of halogens is 2. The van der Waals surface area contributed by atoms with Crippen molar-refractivity contribution in [3.63, 3.8) is 0 Å². The van der Waals surface area contributed by atoms with Crippen LogP contribution in [0.4, 0.5) is 15.9 Å². The summed E-state index contributed by atoms with van der Waals surface area (Å²) >= 11 is 5.78. The van der Waals surface area contributed by atoms with Gasteiger partial charge in [-0.05, 0) is 31.5 Å². The predicted octanol–water partition coefficient (Wildman–Crippen LogP) is 2.42. The molecule has 146 valence electrons. The summed E-state index contributed by atoms with van der Waals surface area (Å²) in [6, 6.07) is 5.64. The summed E-state index contributed by atoms with van der Waals surface area (Å²) in [5.41, 5.74) is 1.29. The fraction of sp³-hybridized carbons (Fsp3) is 0.412. The van der Waals surface area contributed by atoms with Gasteiger partial charge < -0.3 is 10.2 Å². The third kappa shape index (κ3) is 4.59. The topological polar surface area (TPSA) is 84.3 Å². The molecule has 3 rings (SSSR count). The van der Waals surface area contributed by atoms with Gasteiger partial charge in [0.05, 0.1) is 34.8 Å². The van der Waals surface area contributed by atoms with E-state index in [1.165, 1.54) is 18.2 Å². The maximum atomic E-state index is 13.3. The Morgan fingerprint density at radius 2 is 2.19 bits per heavy atom. The van der Waals surface area contributed by atoms with E-state index < -0.39 is 15.7 Å². The number of likely N-dealkylation sites (N-methyl/N-ethyl adjacent to an activating group) is 1. The summed E-state index contributed by atoms with van der Waals surface area (Å²) in [5, 5.41) is 7.10. The first-order valence-corrected chi connectivity index (χ1v) is 10.6. The molecular formula is C17H20ClFN4O3S. The fourth-order valence-corrected chi connectivity index (χ4v) is 4.93. The van der Waals surface area contributed by atoms with Gasteiger partial charge in [-0.15, -0.1) is 0 Å². The number of rotatable bonds is 5. The number of anilines is 2. The Kier molecular flexibility index (Phi) is 5.43. The molecule has 1 aromatic heterocycles. The minimum absolute atomic E-state index is 0.00908. The summed E-state index contributed by atoms with van der Waals surface area (Å²) in [6.07, 6.45) is 0.473. The van der Waals surface area contributed by atoms with Gasteiger partial charge in [0.15, 0.2) is 9.84 Å². The fourth-order valence-electron chi connectivity index (χ4n) is 3.07. The van der Waals surface area contributed by atoms with Crippen LogP contribution in [-0.4, -0.2) is 49.2 Å². The molecule has 0 aliphatic carbocycles. The first kappa shape index (κ1) is 19.6. The van der Waals surface area contributed by atoms with Crippen LogP contribution in [0.5, 0.6) is 0 Å². The lowest BCUT2D eigenvalue weighted by Crippen LogP contribution is -2.31. The Bertz CT molecular complexity index is 977. The van der Waals surface area contributed by atoms with Crippen LogP contribution in [0, 0.1) is 12.7 Å². The normalized spacial score (nSPS) is 18.4. The Labute approximate surface area is 162 Å². The molecule has 0 radical (unpaired) electrons. The number of aromatic nitrogens is 2. The predicted molar refractivity (Wildman–Crippen MR) is 103 cm³/mol. The lowest BCUT2D eigenvalue weighted by Gasteiger charge is -2.20. The van der Waals surface area contributed by atoms with Crippen molar-refractivity contribution >= 4 is 38.9 Å². The van der Waals surface area contributed by atoms with Gasteiger partial charge in [0.2, 0.25) is 5.91 Å². The molecule has 1 aromatic carbocycles. The highest BCUT2D eigenvalue weighted by Gasteiger charge is 2.31. The van der Waals surface area contributed by atoms with Gasteiger partial charge in [0, 0.05) is 18.8 Å². The number of aryl methyl sites for hydroxylation is 1. The number of hydrogen-bond acceptors (Lipinski definition) is 5. The van der Waals surface area contributed by atoms with Gasteiger partial charge in [-0.2, -0.15) is 5.10 Å². The zero-order valence-electron chi connectivity index (χ0n) is 14.9. The van der Waals surface area contributed by atoms with Crippen LogP contribution in [0.2, 0.25) is 5.02 Å².